The van der Waals surface area contributed by atoms with Crippen LogP contribution in [0.4, 0.5) is 5.69 Å². The van der Waals surface area contributed by atoms with Gasteiger partial charge in [-0.1, -0.05) is 24.3 Å². The fraction of sp³-hybridized carbons (Fsp3) is 0.421. The van der Waals surface area contributed by atoms with Crippen LogP contribution in [0.2, 0.25) is 0 Å². The van der Waals surface area contributed by atoms with Crippen LogP contribution < -0.4 is 10.2 Å². The highest BCUT2D eigenvalue weighted by atomic mass is 16.5. The molecule has 1 N–H and O–H groups in total. The number of fused-ring (bicyclic) bond motifs is 2. The topological polar surface area (TPSA) is 41.6 Å². The Labute approximate surface area is 136 Å². The normalized spacial score (nSPS) is 25.7. The van der Waals surface area contributed by atoms with Gasteiger partial charge in [0, 0.05) is 49.3 Å². The molecule has 4 heteroatoms. The summed E-state index contributed by atoms with van der Waals surface area (Å²) >= 11 is 0. The van der Waals surface area contributed by atoms with Crippen LogP contribution in [-0.2, 0) is 4.74 Å². The van der Waals surface area contributed by atoms with E-state index in [1.807, 2.05) is 44.4 Å². The average molecular weight is 310 g/mol. The van der Waals surface area contributed by atoms with Gasteiger partial charge in [-0.2, -0.15) is 0 Å². The molecule has 3 atom stereocenters. The van der Waals surface area contributed by atoms with Gasteiger partial charge < -0.3 is 15.0 Å². The molecule has 2 aromatic rings. The van der Waals surface area contributed by atoms with Gasteiger partial charge in [0.2, 0.25) is 0 Å². The van der Waals surface area contributed by atoms with Crippen LogP contribution in [0.25, 0.3) is 10.8 Å². The summed E-state index contributed by atoms with van der Waals surface area (Å²) in [7, 11) is 4.05. The molecule has 1 amide bonds. The van der Waals surface area contributed by atoms with Gasteiger partial charge in [0.1, 0.15) is 0 Å². The molecule has 0 aromatic heterocycles. The quantitative estimate of drug-likeness (QED) is 0.948. The van der Waals surface area contributed by atoms with Gasteiger partial charge in [-0.25, -0.2) is 0 Å². The van der Waals surface area contributed by atoms with Crippen molar-refractivity contribution in [1.82, 2.24) is 5.32 Å². The number of amides is 1. The van der Waals surface area contributed by atoms with Crippen molar-refractivity contribution in [3.8, 4) is 0 Å². The predicted molar refractivity (Wildman–Crippen MR) is 92.0 cm³/mol. The van der Waals surface area contributed by atoms with Crippen LogP contribution in [0.15, 0.2) is 36.4 Å². The zero-order chi connectivity index (χ0) is 16.0. The zero-order valence-corrected chi connectivity index (χ0v) is 13.6. The molecular weight excluding hydrogens is 288 g/mol. The molecule has 0 bridgehead atoms. The molecular formula is C19H22N2O2. The number of nitrogens with one attached hydrogen (secondary N) is 1. The second kappa shape index (κ2) is 5.53. The lowest BCUT2D eigenvalue weighted by Crippen LogP contribution is -2.53. The summed E-state index contributed by atoms with van der Waals surface area (Å²) < 4.78 is 5.62. The summed E-state index contributed by atoms with van der Waals surface area (Å²) in [6, 6.07) is 12.3. The maximum atomic E-state index is 12.8. The van der Waals surface area contributed by atoms with E-state index in [9.17, 15) is 4.79 Å². The summed E-state index contributed by atoms with van der Waals surface area (Å²) in [6.07, 6.45) is 2.38. The van der Waals surface area contributed by atoms with Gasteiger partial charge in [-0.05, 0) is 30.4 Å². The van der Waals surface area contributed by atoms with E-state index in [0.717, 1.165) is 41.5 Å². The largest absolute Gasteiger partial charge is 0.378 e. The van der Waals surface area contributed by atoms with Gasteiger partial charge in [0.15, 0.2) is 0 Å². The third kappa shape index (κ3) is 2.38. The number of carbonyl (C=O) groups excluding carboxylic acids is 1. The molecule has 1 saturated carbocycles. The molecule has 1 aliphatic heterocycles. The van der Waals surface area contributed by atoms with E-state index < -0.39 is 0 Å². The molecule has 0 radical (unpaired) electrons. The fourth-order valence-electron chi connectivity index (χ4n) is 3.88. The van der Waals surface area contributed by atoms with Crippen LogP contribution in [-0.4, -0.2) is 38.8 Å². The SMILES string of the molecule is CN(C)c1ccc(C(=O)N[C@H]2C[C@@H]3OCC[C@H]23)c2ccccc12. The van der Waals surface area contributed by atoms with Crippen molar-refractivity contribution in [2.24, 2.45) is 5.92 Å². The molecule has 2 aromatic carbocycles. The monoisotopic (exact) mass is 310 g/mol. The van der Waals surface area contributed by atoms with Crippen molar-refractivity contribution in [2.45, 2.75) is 25.0 Å². The van der Waals surface area contributed by atoms with E-state index in [2.05, 4.69) is 16.3 Å². The van der Waals surface area contributed by atoms with E-state index in [1.165, 1.54) is 0 Å². The van der Waals surface area contributed by atoms with Crippen LogP contribution >= 0.6 is 0 Å². The minimum atomic E-state index is 0.0295. The maximum absolute atomic E-state index is 12.8. The molecule has 120 valence electrons. The number of nitrogens with zero attached hydrogens (tertiary/aromatic N) is 1. The number of rotatable bonds is 3. The molecule has 1 heterocycles. The first kappa shape index (κ1) is 14.5. The van der Waals surface area contributed by atoms with Crippen LogP contribution in [0.3, 0.4) is 0 Å². The first-order valence-electron chi connectivity index (χ1n) is 8.26. The lowest BCUT2D eigenvalue weighted by atomic mass is 9.76. The minimum absolute atomic E-state index is 0.0295. The molecule has 23 heavy (non-hydrogen) atoms. The molecule has 0 unspecified atom stereocenters. The summed E-state index contributed by atoms with van der Waals surface area (Å²) in [6.45, 7) is 0.835. The number of benzene rings is 2. The number of carbonyl (C=O) groups is 1. The Balaban J connectivity index is 1.63. The van der Waals surface area contributed by atoms with E-state index >= 15 is 0 Å². The Hall–Kier alpha value is -2.07. The predicted octanol–water partition coefficient (Wildman–Crippen LogP) is 2.81. The maximum Gasteiger partial charge on any atom is 0.252 e. The van der Waals surface area contributed by atoms with Crippen molar-refractivity contribution in [2.75, 3.05) is 25.6 Å². The zero-order valence-electron chi connectivity index (χ0n) is 13.6. The smallest absolute Gasteiger partial charge is 0.252 e. The van der Waals surface area contributed by atoms with Gasteiger partial charge in [-0.15, -0.1) is 0 Å². The van der Waals surface area contributed by atoms with Crippen molar-refractivity contribution >= 4 is 22.4 Å². The molecule has 1 aliphatic carbocycles. The fourth-order valence-corrected chi connectivity index (χ4v) is 3.88. The third-order valence-corrected chi connectivity index (χ3v) is 5.21. The lowest BCUT2D eigenvalue weighted by Gasteiger charge is -2.39. The summed E-state index contributed by atoms with van der Waals surface area (Å²) in [5, 5.41) is 5.33. The van der Waals surface area contributed by atoms with Gasteiger partial charge in [0.25, 0.3) is 5.91 Å². The first-order chi connectivity index (χ1) is 11.1. The highest BCUT2D eigenvalue weighted by molar-refractivity contribution is 6.10. The molecule has 4 nitrogen and oxygen atoms in total. The standard InChI is InChI=1S/C19H22N2O2/c1-21(2)17-8-7-14(12-5-3-4-6-13(12)17)19(22)20-16-11-18-15(16)9-10-23-18/h3-8,15-16,18H,9-11H2,1-2H3,(H,20,22)/t15-,16+,18+/m1/s1. The molecule has 1 saturated heterocycles. The highest BCUT2D eigenvalue weighted by Gasteiger charge is 2.45. The first-order valence-corrected chi connectivity index (χ1v) is 8.26. The molecule has 2 aliphatic rings. The third-order valence-electron chi connectivity index (χ3n) is 5.21. The van der Waals surface area contributed by atoms with E-state index in [1.54, 1.807) is 0 Å². The summed E-state index contributed by atoms with van der Waals surface area (Å²) in [5.41, 5.74) is 1.89. The molecule has 2 fully saturated rings. The van der Waals surface area contributed by atoms with E-state index in [0.29, 0.717) is 12.0 Å². The minimum Gasteiger partial charge on any atom is -0.378 e. The number of anilines is 1. The van der Waals surface area contributed by atoms with Gasteiger partial charge >= 0.3 is 0 Å². The van der Waals surface area contributed by atoms with Crippen LogP contribution in [0.1, 0.15) is 23.2 Å². The van der Waals surface area contributed by atoms with E-state index in [-0.39, 0.29) is 11.9 Å². The Bertz CT molecular complexity index is 756. The average Bonchev–Trinajstić information content (AvgIpc) is 2.92. The Morgan fingerprint density at radius 3 is 2.70 bits per heavy atom. The van der Waals surface area contributed by atoms with Gasteiger partial charge in [-0.3, -0.25) is 4.79 Å². The molecule has 0 spiro atoms. The van der Waals surface area contributed by atoms with E-state index in [4.69, 9.17) is 4.74 Å². The number of hydrogen-bond donors (Lipinski definition) is 1. The van der Waals surface area contributed by atoms with Crippen molar-refractivity contribution in [3.63, 3.8) is 0 Å². The van der Waals surface area contributed by atoms with Crippen LogP contribution in [0, 0.1) is 5.92 Å². The van der Waals surface area contributed by atoms with Crippen molar-refractivity contribution in [3.05, 3.63) is 42.0 Å². The summed E-state index contributed by atoms with van der Waals surface area (Å²) in [4.78, 5) is 14.8. The summed E-state index contributed by atoms with van der Waals surface area (Å²) in [5.74, 6) is 0.535. The Kier molecular flexibility index (Phi) is 3.49. The van der Waals surface area contributed by atoms with Crippen molar-refractivity contribution in [1.29, 1.82) is 0 Å². The highest BCUT2D eigenvalue weighted by Crippen LogP contribution is 2.39. The van der Waals surface area contributed by atoms with Crippen molar-refractivity contribution < 1.29 is 9.53 Å². The molecule has 4 rings (SSSR count). The lowest BCUT2D eigenvalue weighted by molar-refractivity contribution is 0.00812. The van der Waals surface area contributed by atoms with Crippen LogP contribution in [0.5, 0.6) is 0 Å². The Morgan fingerprint density at radius 1 is 1.17 bits per heavy atom. The number of ether oxygens (including phenoxy) is 1. The second-order valence-corrected chi connectivity index (χ2v) is 6.75. The van der Waals surface area contributed by atoms with Gasteiger partial charge in [0.05, 0.1) is 6.10 Å². The second-order valence-electron chi connectivity index (χ2n) is 6.75. The number of hydrogen-bond acceptors (Lipinski definition) is 3. The Morgan fingerprint density at radius 2 is 1.96 bits per heavy atom.